The molecule has 2 N–H and O–H groups in total. The molecule has 3 aromatic rings. The summed E-state index contributed by atoms with van der Waals surface area (Å²) < 4.78 is 22.7. The van der Waals surface area contributed by atoms with Crippen LogP contribution in [-0.4, -0.2) is 40.3 Å². The van der Waals surface area contributed by atoms with Crippen LogP contribution in [0, 0.1) is 0 Å². The first-order chi connectivity index (χ1) is 13.6. The average molecular weight is 469 g/mol. The number of halogens is 2. The number of ether oxygens (including phenoxy) is 4. The fourth-order valence-corrected chi connectivity index (χ4v) is 2.38. The number of rotatable bonds is 8. The molecule has 0 saturated carbocycles. The van der Waals surface area contributed by atoms with E-state index in [1.54, 1.807) is 30.6 Å². The molecular weight excluding hydrogens is 454 g/mol. The summed E-state index contributed by atoms with van der Waals surface area (Å²) in [6.45, 7) is 0.336. The summed E-state index contributed by atoms with van der Waals surface area (Å²) in [4.78, 5) is 16.0. The lowest BCUT2D eigenvalue weighted by atomic mass is 10.3. The zero-order valence-corrected chi connectivity index (χ0v) is 17.0. The third kappa shape index (κ3) is 5.11. The Morgan fingerprint density at radius 1 is 1.07 bits per heavy atom. The molecule has 11 heteroatoms. The Balaban J connectivity index is 1.67. The summed E-state index contributed by atoms with van der Waals surface area (Å²) in [5.41, 5.74) is 5.91. The molecule has 28 heavy (non-hydrogen) atoms. The number of nitrogens with two attached hydrogens (primary N) is 1. The number of anilines is 1. The summed E-state index contributed by atoms with van der Waals surface area (Å²) in [5, 5.41) is 0.366. The zero-order chi connectivity index (χ0) is 19.9. The molecule has 3 rings (SSSR count). The number of benzene rings is 1. The van der Waals surface area contributed by atoms with Crippen LogP contribution in [0.3, 0.4) is 0 Å². The standard InChI is InChI=1S/C17H15BrClN5O4/c1-25-11-2-3-12(19)13(6-11)28-14-15(20)23-9-24-16(14)26-4-5-27-17-21-7-10(18)8-22-17/h2-3,6-9H,4-5H2,1H3,(H2,20,23,24). The summed E-state index contributed by atoms with van der Waals surface area (Å²) >= 11 is 9.42. The van der Waals surface area contributed by atoms with Gasteiger partial charge in [-0.25, -0.2) is 15.0 Å². The topological polar surface area (TPSA) is 115 Å². The molecule has 0 bridgehead atoms. The molecular formula is C17H15BrClN5O4. The Morgan fingerprint density at radius 2 is 1.82 bits per heavy atom. The molecule has 2 aromatic heterocycles. The Hall–Kier alpha value is -2.85. The van der Waals surface area contributed by atoms with Gasteiger partial charge in [-0.3, -0.25) is 0 Å². The minimum atomic E-state index is 0.0982. The molecule has 0 aliphatic rings. The van der Waals surface area contributed by atoms with Crippen LogP contribution in [0.5, 0.6) is 29.1 Å². The molecule has 0 aliphatic carbocycles. The molecule has 1 aromatic carbocycles. The lowest BCUT2D eigenvalue weighted by Crippen LogP contribution is -2.12. The molecule has 146 valence electrons. The highest BCUT2D eigenvalue weighted by molar-refractivity contribution is 9.10. The van der Waals surface area contributed by atoms with E-state index in [9.17, 15) is 0 Å². The Labute approximate surface area is 173 Å². The van der Waals surface area contributed by atoms with Gasteiger partial charge >= 0.3 is 6.01 Å². The van der Waals surface area contributed by atoms with Crippen LogP contribution in [0.2, 0.25) is 5.02 Å². The van der Waals surface area contributed by atoms with E-state index < -0.39 is 0 Å². The number of hydrogen-bond acceptors (Lipinski definition) is 9. The van der Waals surface area contributed by atoms with Gasteiger partial charge in [0.05, 0.1) is 16.6 Å². The maximum atomic E-state index is 6.17. The number of aromatic nitrogens is 4. The van der Waals surface area contributed by atoms with Crippen molar-refractivity contribution in [3.05, 3.63) is 46.4 Å². The van der Waals surface area contributed by atoms with E-state index in [-0.39, 0.29) is 36.7 Å². The lowest BCUT2D eigenvalue weighted by molar-refractivity contribution is 0.197. The number of nitrogens with zero attached hydrogens (tertiary/aromatic N) is 4. The van der Waals surface area contributed by atoms with Gasteiger partial charge in [-0.05, 0) is 28.1 Å². The molecule has 2 heterocycles. The molecule has 0 unspecified atom stereocenters. The van der Waals surface area contributed by atoms with E-state index in [0.717, 1.165) is 4.47 Å². The summed E-state index contributed by atoms with van der Waals surface area (Å²) in [7, 11) is 1.54. The van der Waals surface area contributed by atoms with Crippen molar-refractivity contribution < 1.29 is 18.9 Å². The van der Waals surface area contributed by atoms with E-state index >= 15 is 0 Å². The van der Waals surface area contributed by atoms with E-state index in [1.165, 1.54) is 13.4 Å². The van der Waals surface area contributed by atoms with Gasteiger partial charge in [-0.1, -0.05) is 11.6 Å². The number of hydrogen-bond donors (Lipinski definition) is 1. The van der Waals surface area contributed by atoms with Crippen molar-refractivity contribution >= 4 is 33.3 Å². The van der Waals surface area contributed by atoms with Gasteiger partial charge in [0.1, 0.15) is 31.0 Å². The summed E-state index contributed by atoms with van der Waals surface area (Å²) in [5.74, 6) is 1.28. The van der Waals surface area contributed by atoms with Crippen LogP contribution in [-0.2, 0) is 0 Å². The average Bonchev–Trinajstić information content (AvgIpc) is 2.70. The van der Waals surface area contributed by atoms with Crippen molar-refractivity contribution in [1.82, 2.24) is 19.9 Å². The molecule has 0 spiro atoms. The highest BCUT2D eigenvalue weighted by Gasteiger charge is 2.16. The predicted octanol–water partition coefficient (Wildman–Crippen LogP) is 3.52. The second-order valence-electron chi connectivity index (χ2n) is 5.17. The molecule has 0 fully saturated rings. The second kappa shape index (κ2) is 9.38. The van der Waals surface area contributed by atoms with Crippen molar-refractivity contribution in [2.24, 2.45) is 0 Å². The first-order valence-corrected chi connectivity index (χ1v) is 9.09. The van der Waals surface area contributed by atoms with Gasteiger partial charge in [0.25, 0.3) is 5.88 Å². The lowest BCUT2D eigenvalue weighted by Gasteiger charge is -2.14. The normalized spacial score (nSPS) is 10.4. The van der Waals surface area contributed by atoms with Crippen LogP contribution in [0.1, 0.15) is 0 Å². The van der Waals surface area contributed by atoms with E-state index in [4.69, 9.17) is 36.3 Å². The van der Waals surface area contributed by atoms with Crippen molar-refractivity contribution in [2.75, 3.05) is 26.1 Å². The maximum Gasteiger partial charge on any atom is 0.316 e. The van der Waals surface area contributed by atoms with Crippen LogP contribution in [0.15, 0.2) is 41.4 Å². The van der Waals surface area contributed by atoms with Crippen molar-refractivity contribution in [3.63, 3.8) is 0 Å². The Bertz CT molecular complexity index is 945. The fraction of sp³-hybridized carbons (Fsp3) is 0.176. The highest BCUT2D eigenvalue weighted by atomic mass is 79.9. The SMILES string of the molecule is COc1ccc(Cl)c(Oc2c(N)ncnc2OCCOc2ncc(Br)cn2)c1. The summed E-state index contributed by atoms with van der Waals surface area (Å²) in [6.07, 6.45) is 4.43. The van der Waals surface area contributed by atoms with Crippen molar-refractivity contribution in [2.45, 2.75) is 0 Å². The summed E-state index contributed by atoms with van der Waals surface area (Å²) in [6, 6.07) is 5.20. The minimum Gasteiger partial charge on any atom is -0.497 e. The number of methoxy groups -OCH3 is 1. The van der Waals surface area contributed by atoms with Gasteiger partial charge in [-0.2, -0.15) is 4.98 Å². The quantitative estimate of drug-likeness (QED) is 0.496. The highest BCUT2D eigenvalue weighted by Crippen LogP contribution is 2.38. The number of nitrogen functional groups attached to an aromatic ring is 1. The third-order valence-corrected chi connectivity index (χ3v) is 4.02. The van der Waals surface area contributed by atoms with Gasteiger partial charge < -0.3 is 24.7 Å². The smallest absolute Gasteiger partial charge is 0.316 e. The Morgan fingerprint density at radius 3 is 2.57 bits per heavy atom. The maximum absolute atomic E-state index is 6.17. The third-order valence-electron chi connectivity index (χ3n) is 3.30. The van der Waals surface area contributed by atoms with Gasteiger partial charge in [-0.15, -0.1) is 0 Å². The fourth-order valence-electron chi connectivity index (χ4n) is 2.01. The second-order valence-corrected chi connectivity index (χ2v) is 6.50. The van der Waals surface area contributed by atoms with Crippen LogP contribution in [0.25, 0.3) is 0 Å². The molecule has 0 amide bonds. The van der Waals surface area contributed by atoms with Crippen LogP contribution in [0.4, 0.5) is 5.82 Å². The van der Waals surface area contributed by atoms with Gasteiger partial charge in [0.15, 0.2) is 5.82 Å². The predicted molar refractivity (Wildman–Crippen MR) is 105 cm³/mol. The van der Waals surface area contributed by atoms with E-state index in [1.807, 2.05) is 0 Å². The van der Waals surface area contributed by atoms with Crippen molar-refractivity contribution in [1.29, 1.82) is 0 Å². The minimum absolute atomic E-state index is 0.0982. The first-order valence-electron chi connectivity index (χ1n) is 7.92. The Kier molecular flexibility index (Phi) is 6.66. The zero-order valence-electron chi connectivity index (χ0n) is 14.6. The molecule has 0 radical (unpaired) electrons. The molecule has 0 atom stereocenters. The van der Waals surface area contributed by atoms with Crippen LogP contribution >= 0.6 is 27.5 Å². The molecule has 0 saturated heterocycles. The first kappa shape index (κ1) is 19.9. The van der Waals surface area contributed by atoms with E-state index in [2.05, 4.69) is 35.9 Å². The van der Waals surface area contributed by atoms with Crippen molar-refractivity contribution in [3.8, 4) is 29.1 Å². The van der Waals surface area contributed by atoms with Gasteiger partial charge in [0.2, 0.25) is 5.75 Å². The van der Waals surface area contributed by atoms with Crippen LogP contribution < -0.4 is 24.7 Å². The molecule has 0 aliphatic heterocycles. The van der Waals surface area contributed by atoms with E-state index in [0.29, 0.717) is 16.5 Å². The monoisotopic (exact) mass is 467 g/mol. The van der Waals surface area contributed by atoms with Gasteiger partial charge in [0, 0.05) is 18.5 Å². The largest absolute Gasteiger partial charge is 0.497 e. The molecule has 9 nitrogen and oxygen atoms in total.